The monoisotopic (exact) mass is 249 g/mol. The lowest BCUT2D eigenvalue weighted by molar-refractivity contribution is 0.425. The summed E-state index contributed by atoms with van der Waals surface area (Å²) in [6, 6.07) is 5.67. The Morgan fingerprint density at radius 3 is 2.06 bits per heavy atom. The third-order valence-electron chi connectivity index (χ3n) is 3.23. The van der Waals surface area contributed by atoms with Crippen molar-refractivity contribution in [3.8, 4) is 0 Å². The Kier molecular flexibility index (Phi) is 4.82. The Hall–Kier alpha value is -0.995. The van der Waals surface area contributed by atoms with Gasteiger partial charge in [0.25, 0.3) is 0 Å². The molecule has 0 amide bonds. The SMILES string of the molecule is CCN(CC)c1ccc(B(O)O)cc1C(C)(C)C. The molecular formula is C14H24BNO2. The molecule has 0 saturated carbocycles. The van der Waals surface area contributed by atoms with Crippen molar-refractivity contribution in [3.63, 3.8) is 0 Å². The lowest BCUT2D eigenvalue weighted by Gasteiger charge is -2.30. The minimum absolute atomic E-state index is 0.0250. The molecule has 1 rings (SSSR count). The summed E-state index contributed by atoms with van der Waals surface area (Å²) in [7, 11) is -1.41. The lowest BCUT2D eigenvalue weighted by Crippen LogP contribution is -2.33. The minimum atomic E-state index is -1.41. The molecule has 0 bridgehead atoms. The fourth-order valence-corrected chi connectivity index (χ4v) is 2.16. The molecule has 0 aromatic heterocycles. The van der Waals surface area contributed by atoms with Gasteiger partial charge in [0.1, 0.15) is 0 Å². The van der Waals surface area contributed by atoms with Crippen LogP contribution in [-0.4, -0.2) is 30.3 Å². The van der Waals surface area contributed by atoms with Gasteiger partial charge in [0.05, 0.1) is 0 Å². The van der Waals surface area contributed by atoms with Gasteiger partial charge >= 0.3 is 7.12 Å². The second-order valence-electron chi connectivity index (χ2n) is 5.57. The van der Waals surface area contributed by atoms with E-state index in [2.05, 4.69) is 39.5 Å². The molecule has 4 heteroatoms. The summed E-state index contributed by atoms with van der Waals surface area (Å²) in [4.78, 5) is 2.29. The Morgan fingerprint density at radius 1 is 1.11 bits per heavy atom. The molecule has 0 aliphatic rings. The van der Waals surface area contributed by atoms with Gasteiger partial charge in [0.2, 0.25) is 0 Å². The summed E-state index contributed by atoms with van der Waals surface area (Å²) in [5.41, 5.74) is 2.85. The van der Waals surface area contributed by atoms with Crippen molar-refractivity contribution in [2.75, 3.05) is 18.0 Å². The first-order valence-electron chi connectivity index (χ1n) is 6.56. The topological polar surface area (TPSA) is 43.7 Å². The van der Waals surface area contributed by atoms with Crippen molar-refractivity contribution in [1.82, 2.24) is 0 Å². The van der Waals surface area contributed by atoms with Gasteiger partial charge in [-0.25, -0.2) is 0 Å². The fourth-order valence-electron chi connectivity index (χ4n) is 2.16. The van der Waals surface area contributed by atoms with E-state index < -0.39 is 7.12 Å². The van der Waals surface area contributed by atoms with Gasteiger partial charge in [-0.15, -0.1) is 0 Å². The summed E-state index contributed by atoms with van der Waals surface area (Å²) in [6.07, 6.45) is 0. The van der Waals surface area contributed by atoms with E-state index in [1.165, 1.54) is 5.69 Å². The van der Waals surface area contributed by atoms with Gasteiger partial charge in [-0.2, -0.15) is 0 Å². The standard InChI is InChI=1S/C14H24BNO2/c1-6-16(7-2)13-9-8-11(15(17)18)10-12(13)14(3,4)5/h8-10,17-18H,6-7H2,1-5H3. The Morgan fingerprint density at radius 2 is 1.67 bits per heavy atom. The first-order chi connectivity index (χ1) is 8.31. The summed E-state index contributed by atoms with van der Waals surface area (Å²) >= 11 is 0. The molecule has 1 aromatic carbocycles. The second-order valence-corrected chi connectivity index (χ2v) is 5.57. The third-order valence-corrected chi connectivity index (χ3v) is 3.23. The van der Waals surface area contributed by atoms with E-state index in [9.17, 15) is 10.0 Å². The van der Waals surface area contributed by atoms with Crippen LogP contribution < -0.4 is 10.4 Å². The van der Waals surface area contributed by atoms with Crippen LogP contribution in [-0.2, 0) is 5.41 Å². The maximum Gasteiger partial charge on any atom is 0.488 e. The first kappa shape index (κ1) is 15.1. The van der Waals surface area contributed by atoms with Crippen molar-refractivity contribution in [2.45, 2.75) is 40.0 Å². The average Bonchev–Trinajstić information content (AvgIpc) is 2.29. The Bertz CT molecular complexity index is 395. The van der Waals surface area contributed by atoms with E-state index in [1.807, 2.05) is 12.1 Å². The normalized spacial score (nSPS) is 11.5. The maximum absolute atomic E-state index is 9.30. The molecule has 0 fully saturated rings. The molecular weight excluding hydrogens is 225 g/mol. The smallest absolute Gasteiger partial charge is 0.423 e. The summed E-state index contributed by atoms with van der Waals surface area (Å²) in [5, 5.41) is 18.6. The summed E-state index contributed by atoms with van der Waals surface area (Å²) < 4.78 is 0. The molecule has 1 aromatic rings. The molecule has 0 aliphatic carbocycles. The average molecular weight is 249 g/mol. The quantitative estimate of drug-likeness (QED) is 0.795. The summed E-state index contributed by atoms with van der Waals surface area (Å²) in [6.45, 7) is 12.6. The van der Waals surface area contributed by atoms with Gasteiger partial charge < -0.3 is 14.9 Å². The Labute approximate surface area is 111 Å². The van der Waals surface area contributed by atoms with Crippen molar-refractivity contribution in [3.05, 3.63) is 23.8 Å². The van der Waals surface area contributed by atoms with Crippen molar-refractivity contribution < 1.29 is 10.0 Å². The highest BCUT2D eigenvalue weighted by atomic mass is 16.4. The molecule has 2 N–H and O–H groups in total. The zero-order valence-electron chi connectivity index (χ0n) is 12.1. The van der Waals surface area contributed by atoms with Crippen molar-refractivity contribution in [2.24, 2.45) is 0 Å². The van der Waals surface area contributed by atoms with Crippen LogP contribution in [0.3, 0.4) is 0 Å². The van der Waals surface area contributed by atoms with Crippen LogP contribution in [0.1, 0.15) is 40.2 Å². The molecule has 0 aliphatic heterocycles. The van der Waals surface area contributed by atoms with E-state index in [0.717, 1.165) is 18.7 Å². The molecule has 0 heterocycles. The number of nitrogens with zero attached hydrogens (tertiary/aromatic N) is 1. The molecule has 0 unspecified atom stereocenters. The van der Waals surface area contributed by atoms with Gasteiger partial charge in [-0.3, -0.25) is 0 Å². The van der Waals surface area contributed by atoms with Gasteiger partial charge in [-0.05, 0) is 36.4 Å². The largest absolute Gasteiger partial charge is 0.488 e. The van der Waals surface area contributed by atoms with Crippen LogP contribution in [0.15, 0.2) is 18.2 Å². The highest BCUT2D eigenvalue weighted by Crippen LogP contribution is 2.31. The second kappa shape index (κ2) is 5.76. The van der Waals surface area contributed by atoms with Gasteiger partial charge in [-0.1, -0.05) is 32.9 Å². The van der Waals surface area contributed by atoms with Crippen LogP contribution in [0, 0.1) is 0 Å². The highest BCUT2D eigenvalue weighted by Gasteiger charge is 2.23. The molecule has 18 heavy (non-hydrogen) atoms. The third kappa shape index (κ3) is 3.27. The predicted octanol–water partition coefficient (Wildman–Crippen LogP) is 1.51. The lowest BCUT2D eigenvalue weighted by atomic mass is 9.75. The van der Waals surface area contributed by atoms with Crippen molar-refractivity contribution in [1.29, 1.82) is 0 Å². The minimum Gasteiger partial charge on any atom is -0.423 e. The zero-order chi connectivity index (χ0) is 13.9. The number of anilines is 1. The van der Waals surface area contributed by atoms with E-state index in [4.69, 9.17) is 0 Å². The molecule has 0 atom stereocenters. The predicted molar refractivity (Wildman–Crippen MR) is 78.5 cm³/mol. The summed E-state index contributed by atoms with van der Waals surface area (Å²) in [5.74, 6) is 0. The molecule has 0 radical (unpaired) electrons. The van der Waals surface area contributed by atoms with Gasteiger partial charge in [0, 0.05) is 18.8 Å². The van der Waals surface area contributed by atoms with Crippen LogP contribution in [0.4, 0.5) is 5.69 Å². The first-order valence-corrected chi connectivity index (χ1v) is 6.56. The molecule has 0 spiro atoms. The Balaban J connectivity index is 3.34. The number of rotatable bonds is 4. The molecule has 3 nitrogen and oxygen atoms in total. The van der Waals surface area contributed by atoms with E-state index in [1.54, 1.807) is 6.07 Å². The highest BCUT2D eigenvalue weighted by molar-refractivity contribution is 6.58. The van der Waals surface area contributed by atoms with Crippen LogP contribution in [0.5, 0.6) is 0 Å². The number of hydrogen-bond donors (Lipinski definition) is 2. The zero-order valence-corrected chi connectivity index (χ0v) is 12.1. The van der Waals surface area contributed by atoms with Crippen LogP contribution >= 0.6 is 0 Å². The molecule has 0 saturated heterocycles. The van der Waals surface area contributed by atoms with E-state index >= 15 is 0 Å². The maximum atomic E-state index is 9.30. The fraction of sp³-hybridized carbons (Fsp3) is 0.571. The number of benzene rings is 1. The van der Waals surface area contributed by atoms with E-state index in [0.29, 0.717) is 5.46 Å². The van der Waals surface area contributed by atoms with Crippen LogP contribution in [0.2, 0.25) is 0 Å². The van der Waals surface area contributed by atoms with E-state index in [-0.39, 0.29) is 5.41 Å². The molecule has 100 valence electrons. The number of hydrogen-bond acceptors (Lipinski definition) is 3. The van der Waals surface area contributed by atoms with Gasteiger partial charge in [0.15, 0.2) is 0 Å². The van der Waals surface area contributed by atoms with Crippen molar-refractivity contribution >= 4 is 18.3 Å². The van der Waals surface area contributed by atoms with Crippen LogP contribution in [0.25, 0.3) is 0 Å².